The number of halogens is 1. The molecule has 1 saturated heterocycles. The van der Waals surface area contributed by atoms with Crippen molar-refractivity contribution in [1.29, 1.82) is 0 Å². The van der Waals surface area contributed by atoms with Gasteiger partial charge in [-0.2, -0.15) is 0 Å². The topological polar surface area (TPSA) is 55.8 Å². The molecule has 0 saturated carbocycles. The van der Waals surface area contributed by atoms with E-state index in [-0.39, 0.29) is 6.42 Å². The molecular formula is C21H29ClO4. The van der Waals surface area contributed by atoms with E-state index in [1.807, 2.05) is 43.3 Å². The van der Waals surface area contributed by atoms with Gasteiger partial charge in [0.1, 0.15) is 5.75 Å². The second-order valence-electron chi connectivity index (χ2n) is 5.89. The van der Waals surface area contributed by atoms with Crippen LogP contribution in [0.25, 0.3) is 0 Å². The van der Waals surface area contributed by atoms with Gasteiger partial charge in [-0.25, -0.2) is 0 Å². The van der Waals surface area contributed by atoms with E-state index < -0.39 is 5.97 Å². The lowest BCUT2D eigenvalue weighted by Gasteiger charge is -2.05. The quantitative estimate of drug-likeness (QED) is 0.443. The Morgan fingerprint density at radius 1 is 1.35 bits per heavy atom. The molecule has 0 spiro atoms. The van der Waals surface area contributed by atoms with E-state index in [0.717, 1.165) is 31.6 Å². The lowest BCUT2D eigenvalue weighted by atomic mass is 10.2. The van der Waals surface area contributed by atoms with Gasteiger partial charge in [0.2, 0.25) is 0 Å². The van der Waals surface area contributed by atoms with Crippen LogP contribution in [-0.2, 0) is 9.53 Å². The van der Waals surface area contributed by atoms with E-state index in [2.05, 4.69) is 12.2 Å². The summed E-state index contributed by atoms with van der Waals surface area (Å²) in [6, 6.07) is 7.46. The maximum atomic E-state index is 9.93. The SMILES string of the molecule is CC/C=C\CCC(=O)O.Clc1cccc(OCC/C=C/C2CCCO2)c1. The molecule has 5 heteroatoms. The Morgan fingerprint density at radius 3 is 2.85 bits per heavy atom. The summed E-state index contributed by atoms with van der Waals surface area (Å²) in [6.07, 6.45) is 13.6. The molecule has 26 heavy (non-hydrogen) atoms. The zero-order valence-corrected chi connectivity index (χ0v) is 16.2. The molecule has 1 atom stereocenters. The Kier molecular flexibility index (Phi) is 12.3. The van der Waals surface area contributed by atoms with Gasteiger partial charge in [-0.05, 0) is 50.3 Å². The molecule has 0 aliphatic carbocycles. The highest BCUT2D eigenvalue weighted by molar-refractivity contribution is 6.30. The maximum absolute atomic E-state index is 9.93. The molecule has 2 rings (SSSR count). The highest BCUT2D eigenvalue weighted by Crippen LogP contribution is 2.17. The van der Waals surface area contributed by atoms with E-state index in [4.69, 9.17) is 26.2 Å². The Morgan fingerprint density at radius 2 is 2.19 bits per heavy atom. The fraction of sp³-hybridized carbons (Fsp3) is 0.476. The first-order chi connectivity index (χ1) is 12.6. The van der Waals surface area contributed by atoms with Crippen LogP contribution in [0.5, 0.6) is 5.75 Å². The number of allylic oxidation sites excluding steroid dienone is 2. The molecule has 0 amide bonds. The number of hydrogen-bond donors (Lipinski definition) is 1. The van der Waals surface area contributed by atoms with Gasteiger partial charge in [0.25, 0.3) is 0 Å². The summed E-state index contributed by atoms with van der Waals surface area (Å²) >= 11 is 5.86. The van der Waals surface area contributed by atoms with Gasteiger partial charge in [-0.1, -0.05) is 48.9 Å². The van der Waals surface area contributed by atoms with Crippen LogP contribution < -0.4 is 4.74 Å². The van der Waals surface area contributed by atoms with Crippen molar-refractivity contribution in [1.82, 2.24) is 0 Å². The summed E-state index contributed by atoms with van der Waals surface area (Å²) in [4.78, 5) is 9.93. The molecule has 1 heterocycles. The van der Waals surface area contributed by atoms with Crippen LogP contribution >= 0.6 is 11.6 Å². The minimum atomic E-state index is -0.726. The smallest absolute Gasteiger partial charge is 0.303 e. The van der Waals surface area contributed by atoms with Crippen LogP contribution in [0.2, 0.25) is 5.02 Å². The fourth-order valence-corrected chi connectivity index (χ4v) is 2.48. The number of benzene rings is 1. The van der Waals surface area contributed by atoms with Gasteiger partial charge < -0.3 is 14.6 Å². The third-order valence-corrected chi connectivity index (χ3v) is 3.83. The molecule has 1 aliphatic rings. The number of rotatable bonds is 9. The Hall–Kier alpha value is -1.78. The first-order valence-electron chi connectivity index (χ1n) is 9.15. The molecule has 1 aliphatic heterocycles. The average molecular weight is 381 g/mol. The molecule has 144 valence electrons. The molecule has 1 N–H and O–H groups in total. The second kappa shape index (κ2) is 14.4. The standard InChI is InChI=1S/C14H17ClO2.C7H12O2/c15-12-5-3-7-14(11-12)17-9-2-1-6-13-8-4-10-16-13;1-2-3-4-5-6-7(8)9/h1,3,5-7,11,13H,2,4,8-10H2;3-4H,2,5-6H2,1H3,(H,8,9)/b6-1+;4-3-. The molecular weight excluding hydrogens is 352 g/mol. The highest BCUT2D eigenvalue weighted by Gasteiger charge is 2.10. The predicted molar refractivity (Wildman–Crippen MR) is 106 cm³/mol. The molecule has 1 fully saturated rings. The zero-order chi connectivity index (χ0) is 19.0. The second-order valence-corrected chi connectivity index (χ2v) is 6.32. The van der Waals surface area contributed by atoms with Crippen LogP contribution in [0.1, 0.15) is 45.4 Å². The van der Waals surface area contributed by atoms with Crippen LogP contribution in [0.15, 0.2) is 48.6 Å². The molecule has 4 nitrogen and oxygen atoms in total. The van der Waals surface area contributed by atoms with Crippen molar-refractivity contribution in [3.05, 3.63) is 53.6 Å². The molecule has 1 aromatic carbocycles. The van der Waals surface area contributed by atoms with Crippen LogP contribution in [0.4, 0.5) is 0 Å². The van der Waals surface area contributed by atoms with Crippen molar-refractivity contribution >= 4 is 17.6 Å². The third-order valence-electron chi connectivity index (χ3n) is 3.59. The number of aliphatic carboxylic acids is 1. The number of carboxylic acids is 1. The number of carbonyl (C=O) groups is 1. The fourth-order valence-electron chi connectivity index (χ4n) is 2.30. The van der Waals surface area contributed by atoms with E-state index >= 15 is 0 Å². The van der Waals surface area contributed by atoms with E-state index in [1.54, 1.807) is 0 Å². The van der Waals surface area contributed by atoms with Gasteiger partial charge in [-0.15, -0.1) is 0 Å². The zero-order valence-electron chi connectivity index (χ0n) is 15.4. The summed E-state index contributed by atoms with van der Waals surface area (Å²) in [5.74, 6) is 0.0961. The minimum absolute atomic E-state index is 0.247. The molecule has 1 unspecified atom stereocenters. The van der Waals surface area contributed by atoms with Gasteiger partial charge in [0.05, 0.1) is 12.7 Å². The van der Waals surface area contributed by atoms with Crippen LogP contribution in [0.3, 0.4) is 0 Å². The van der Waals surface area contributed by atoms with Crippen molar-refractivity contribution < 1.29 is 19.4 Å². The Bertz CT molecular complexity index is 563. The summed E-state index contributed by atoms with van der Waals surface area (Å²) in [5.41, 5.74) is 0. The lowest BCUT2D eigenvalue weighted by Crippen LogP contribution is -2.00. The number of ether oxygens (including phenoxy) is 2. The van der Waals surface area contributed by atoms with Crippen molar-refractivity contribution in [3.63, 3.8) is 0 Å². The predicted octanol–water partition coefficient (Wildman–Crippen LogP) is 5.66. The van der Waals surface area contributed by atoms with E-state index in [9.17, 15) is 4.79 Å². The summed E-state index contributed by atoms with van der Waals surface area (Å²) < 4.78 is 11.1. The lowest BCUT2D eigenvalue weighted by molar-refractivity contribution is -0.136. The first-order valence-corrected chi connectivity index (χ1v) is 9.53. The number of hydrogen-bond acceptors (Lipinski definition) is 3. The van der Waals surface area contributed by atoms with Gasteiger partial charge in [0.15, 0.2) is 0 Å². The average Bonchev–Trinajstić information content (AvgIpc) is 3.12. The minimum Gasteiger partial charge on any atom is -0.493 e. The molecule has 0 aromatic heterocycles. The van der Waals surface area contributed by atoms with Crippen LogP contribution in [-0.4, -0.2) is 30.4 Å². The van der Waals surface area contributed by atoms with Crippen molar-refractivity contribution in [2.45, 2.75) is 51.6 Å². The van der Waals surface area contributed by atoms with Crippen molar-refractivity contribution in [2.75, 3.05) is 13.2 Å². The highest BCUT2D eigenvalue weighted by atomic mass is 35.5. The maximum Gasteiger partial charge on any atom is 0.303 e. The molecule has 1 aromatic rings. The summed E-state index contributed by atoms with van der Waals surface area (Å²) in [7, 11) is 0. The van der Waals surface area contributed by atoms with Gasteiger partial charge >= 0.3 is 5.97 Å². The normalized spacial score (nSPS) is 16.6. The Labute approximate surface area is 161 Å². The monoisotopic (exact) mass is 380 g/mol. The van der Waals surface area contributed by atoms with E-state index in [0.29, 0.717) is 24.2 Å². The van der Waals surface area contributed by atoms with Crippen LogP contribution in [0, 0.1) is 0 Å². The summed E-state index contributed by atoms with van der Waals surface area (Å²) in [5, 5.41) is 8.88. The largest absolute Gasteiger partial charge is 0.493 e. The molecule has 0 radical (unpaired) electrons. The van der Waals surface area contributed by atoms with Crippen molar-refractivity contribution in [3.8, 4) is 5.75 Å². The molecule has 0 bridgehead atoms. The van der Waals surface area contributed by atoms with E-state index in [1.165, 1.54) is 6.42 Å². The van der Waals surface area contributed by atoms with Gasteiger partial charge in [0, 0.05) is 18.1 Å². The first kappa shape index (κ1) is 22.3. The van der Waals surface area contributed by atoms with Crippen molar-refractivity contribution in [2.24, 2.45) is 0 Å². The Balaban J connectivity index is 0.000000321. The number of carboxylic acid groups (broad SMARTS) is 1. The van der Waals surface area contributed by atoms with Gasteiger partial charge in [-0.3, -0.25) is 4.79 Å². The summed E-state index contributed by atoms with van der Waals surface area (Å²) in [6.45, 7) is 3.59. The third kappa shape index (κ3) is 11.7.